The molecule has 138 valence electrons. The molecular weight excluding hydrogens is 377 g/mol. The lowest BCUT2D eigenvalue weighted by Crippen LogP contribution is -2.21. The molecule has 2 amide bonds. The van der Waals surface area contributed by atoms with E-state index in [4.69, 9.17) is 11.6 Å². The summed E-state index contributed by atoms with van der Waals surface area (Å²) >= 11 is 5.63. The predicted molar refractivity (Wildman–Crippen MR) is 101 cm³/mol. The van der Waals surface area contributed by atoms with Crippen LogP contribution in [0.3, 0.4) is 0 Å². The molecule has 0 aliphatic rings. The van der Waals surface area contributed by atoms with E-state index >= 15 is 0 Å². The van der Waals surface area contributed by atoms with E-state index in [1.165, 1.54) is 6.07 Å². The Bertz CT molecular complexity index is 942. The van der Waals surface area contributed by atoms with Crippen LogP contribution in [-0.4, -0.2) is 6.03 Å². The fourth-order valence-electron chi connectivity index (χ4n) is 2.52. The van der Waals surface area contributed by atoms with E-state index in [0.717, 1.165) is 23.3 Å². The maximum absolute atomic E-state index is 13.1. The van der Waals surface area contributed by atoms with Crippen LogP contribution >= 0.6 is 11.6 Å². The lowest BCUT2D eigenvalue weighted by atomic mass is 10.1. The second kappa shape index (κ2) is 7.72. The molecular formula is C20H14ClF3N2O. The van der Waals surface area contributed by atoms with Gasteiger partial charge in [0.25, 0.3) is 0 Å². The Kier molecular flexibility index (Phi) is 5.37. The number of urea groups is 1. The van der Waals surface area contributed by atoms with Crippen LogP contribution in [0.5, 0.6) is 0 Å². The highest BCUT2D eigenvalue weighted by Crippen LogP contribution is 2.36. The Labute approximate surface area is 158 Å². The van der Waals surface area contributed by atoms with Crippen LogP contribution in [-0.2, 0) is 6.18 Å². The van der Waals surface area contributed by atoms with E-state index in [1.54, 1.807) is 12.1 Å². The summed E-state index contributed by atoms with van der Waals surface area (Å²) in [5.74, 6) is 0. The SMILES string of the molecule is O=C(Nc1ccc(-c2ccccc2)cc1)Nc1ccc(Cl)cc1C(F)(F)F. The van der Waals surface area contributed by atoms with Crippen LogP contribution in [0.25, 0.3) is 11.1 Å². The van der Waals surface area contributed by atoms with Gasteiger partial charge >= 0.3 is 12.2 Å². The van der Waals surface area contributed by atoms with Crippen LogP contribution < -0.4 is 10.6 Å². The molecule has 0 bridgehead atoms. The molecule has 0 unspecified atom stereocenters. The van der Waals surface area contributed by atoms with Crippen molar-refractivity contribution in [2.45, 2.75) is 6.18 Å². The van der Waals surface area contributed by atoms with E-state index in [0.29, 0.717) is 5.69 Å². The maximum Gasteiger partial charge on any atom is 0.418 e. The molecule has 0 saturated carbocycles. The number of hydrogen-bond donors (Lipinski definition) is 2. The van der Waals surface area contributed by atoms with Crippen LogP contribution in [0, 0.1) is 0 Å². The summed E-state index contributed by atoms with van der Waals surface area (Å²) in [5, 5.41) is 4.66. The van der Waals surface area contributed by atoms with Gasteiger partial charge in [0.15, 0.2) is 0 Å². The molecule has 0 fully saturated rings. The van der Waals surface area contributed by atoms with E-state index < -0.39 is 17.8 Å². The summed E-state index contributed by atoms with van der Waals surface area (Å²) in [6.07, 6.45) is -4.63. The number of halogens is 4. The molecule has 3 aromatic carbocycles. The quantitative estimate of drug-likeness (QED) is 0.515. The lowest BCUT2D eigenvalue weighted by molar-refractivity contribution is -0.136. The number of carbonyl (C=O) groups excluding carboxylic acids is 1. The van der Waals surface area contributed by atoms with Crippen molar-refractivity contribution in [2.75, 3.05) is 10.6 Å². The third kappa shape index (κ3) is 4.80. The molecule has 0 saturated heterocycles. The fourth-order valence-corrected chi connectivity index (χ4v) is 2.69. The molecule has 0 heterocycles. The largest absolute Gasteiger partial charge is 0.418 e. The van der Waals surface area contributed by atoms with Gasteiger partial charge in [-0.25, -0.2) is 4.79 Å². The fraction of sp³-hybridized carbons (Fsp3) is 0.0500. The van der Waals surface area contributed by atoms with Crippen molar-refractivity contribution in [3.8, 4) is 11.1 Å². The molecule has 0 atom stereocenters. The summed E-state index contributed by atoms with van der Waals surface area (Å²) in [4.78, 5) is 12.1. The van der Waals surface area contributed by atoms with Gasteiger partial charge in [-0.15, -0.1) is 0 Å². The topological polar surface area (TPSA) is 41.1 Å². The highest BCUT2D eigenvalue weighted by Gasteiger charge is 2.34. The molecule has 3 rings (SSSR count). The second-order valence-corrected chi connectivity index (χ2v) is 6.15. The first-order valence-corrected chi connectivity index (χ1v) is 8.31. The standard InChI is InChI=1S/C20H14ClF3N2O/c21-15-8-11-18(17(12-15)20(22,23)24)26-19(27)25-16-9-6-14(7-10-16)13-4-2-1-3-5-13/h1-12H,(H2,25,26,27). The molecule has 0 spiro atoms. The Morgan fingerprint density at radius 2 is 1.44 bits per heavy atom. The van der Waals surface area contributed by atoms with Crippen LogP contribution in [0.2, 0.25) is 5.02 Å². The second-order valence-electron chi connectivity index (χ2n) is 5.71. The number of nitrogens with one attached hydrogen (secondary N) is 2. The first-order valence-electron chi connectivity index (χ1n) is 7.93. The van der Waals surface area contributed by atoms with Crippen LogP contribution in [0.4, 0.5) is 29.3 Å². The molecule has 0 aliphatic carbocycles. The number of benzene rings is 3. The Morgan fingerprint density at radius 3 is 2.07 bits per heavy atom. The van der Waals surface area contributed by atoms with Gasteiger partial charge in [0.05, 0.1) is 11.3 Å². The molecule has 0 aliphatic heterocycles. The number of rotatable bonds is 3. The molecule has 0 aromatic heterocycles. The van der Waals surface area contributed by atoms with Crippen molar-refractivity contribution in [1.29, 1.82) is 0 Å². The zero-order valence-corrected chi connectivity index (χ0v) is 14.6. The normalized spacial score (nSPS) is 11.1. The van der Waals surface area contributed by atoms with Crippen molar-refractivity contribution in [1.82, 2.24) is 0 Å². The summed E-state index contributed by atoms with van der Waals surface area (Å²) in [6, 6.07) is 19.0. The third-order valence-corrected chi connectivity index (χ3v) is 4.02. The van der Waals surface area contributed by atoms with Crippen molar-refractivity contribution in [2.24, 2.45) is 0 Å². The number of anilines is 2. The number of amides is 2. The molecule has 3 aromatic rings. The molecule has 2 N–H and O–H groups in total. The van der Waals surface area contributed by atoms with Crippen molar-refractivity contribution < 1.29 is 18.0 Å². The van der Waals surface area contributed by atoms with Gasteiger partial charge in [-0.1, -0.05) is 54.1 Å². The summed E-state index contributed by atoms with van der Waals surface area (Å²) in [7, 11) is 0. The van der Waals surface area contributed by atoms with E-state index in [9.17, 15) is 18.0 Å². The highest BCUT2D eigenvalue weighted by molar-refractivity contribution is 6.30. The van der Waals surface area contributed by atoms with Gasteiger partial charge in [-0.2, -0.15) is 13.2 Å². The number of carbonyl (C=O) groups is 1. The van der Waals surface area contributed by atoms with Gasteiger partial charge in [0.1, 0.15) is 0 Å². The Hall–Kier alpha value is -2.99. The van der Waals surface area contributed by atoms with E-state index in [1.807, 2.05) is 42.5 Å². The molecule has 27 heavy (non-hydrogen) atoms. The van der Waals surface area contributed by atoms with Gasteiger partial charge in [-0.3, -0.25) is 0 Å². The van der Waals surface area contributed by atoms with Gasteiger partial charge in [0, 0.05) is 10.7 Å². The zero-order valence-electron chi connectivity index (χ0n) is 13.8. The minimum Gasteiger partial charge on any atom is -0.308 e. The minimum absolute atomic E-state index is 0.0650. The molecule has 3 nitrogen and oxygen atoms in total. The predicted octanol–water partition coefficient (Wildman–Crippen LogP) is 6.67. The van der Waals surface area contributed by atoms with Gasteiger partial charge in [-0.05, 0) is 41.5 Å². The first kappa shape index (κ1) is 18.8. The molecule has 7 heteroatoms. The highest BCUT2D eigenvalue weighted by atomic mass is 35.5. The minimum atomic E-state index is -4.63. The summed E-state index contributed by atoms with van der Waals surface area (Å²) in [5.41, 5.74) is 1.05. The summed E-state index contributed by atoms with van der Waals surface area (Å²) in [6.45, 7) is 0. The van der Waals surface area contributed by atoms with E-state index in [2.05, 4.69) is 10.6 Å². The van der Waals surface area contributed by atoms with Gasteiger partial charge in [0.2, 0.25) is 0 Å². The van der Waals surface area contributed by atoms with Crippen molar-refractivity contribution in [3.63, 3.8) is 0 Å². The first-order chi connectivity index (χ1) is 12.8. The Balaban J connectivity index is 1.72. The smallest absolute Gasteiger partial charge is 0.308 e. The van der Waals surface area contributed by atoms with Crippen LogP contribution in [0.15, 0.2) is 72.8 Å². The Morgan fingerprint density at radius 1 is 0.815 bits per heavy atom. The van der Waals surface area contributed by atoms with Crippen molar-refractivity contribution in [3.05, 3.63) is 83.4 Å². The maximum atomic E-state index is 13.1. The average Bonchev–Trinajstić information content (AvgIpc) is 2.64. The monoisotopic (exact) mass is 390 g/mol. The number of hydrogen-bond acceptors (Lipinski definition) is 1. The average molecular weight is 391 g/mol. The molecule has 0 radical (unpaired) electrons. The third-order valence-electron chi connectivity index (χ3n) is 3.79. The van der Waals surface area contributed by atoms with E-state index in [-0.39, 0.29) is 10.7 Å². The number of alkyl halides is 3. The lowest BCUT2D eigenvalue weighted by Gasteiger charge is -2.14. The van der Waals surface area contributed by atoms with Gasteiger partial charge < -0.3 is 10.6 Å². The summed E-state index contributed by atoms with van der Waals surface area (Å²) < 4.78 is 39.2. The van der Waals surface area contributed by atoms with Crippen LogP contribution in [0.1, 0.15) is 5.56 Å². The zero-order chi connectivity index (χ0) is 19.4. The van der Waals surface area contributed by atoms with Crippen molar-refractivity contribution >= 4 is 29.0 Å².